The van der Waals surface area contributed by atoms with E-state index < -0.39 is 0 Å². The Morgan fingerprint density at radius 2 is 2.33 bits per heavy atom. The van der Waals surface area contributed by atoms with Gasteiger partial charge in [0.2, 0.25) is 12.1 Å². The third-order valence-corrected chi connectivity index (χ3v) is 2.66. The molecule has 5 nitrogen and oxygen atoms in total. The zero-order valence-electron chi connectivity index (χ0n) is 9.44. The Kier molecular flexibility index (Phi) is 6.54. The molecule has 0 aromatic rings. The number of aliphatic imine (C=N–C) groups is 1. The molecule has 0 spiro atoms. The minimum absolute atomic E-state index is 0.0146. The van der Waals surface area contributed by atoms with Crippen molar-refractivity contribution in [3.05, 3.63) is 0 Å². The van der Waals surface area contributed by atoms with E-state index in [1.165, 1.54) is 11.8 Å². The summed E-state index contributed by atoms with van der Waals surface area (Å²) in [5.41, 5.74) is 0. The lowest BCUT2D eigenvalue weighted by Gasteiger charge is -2.21. The van der Waals surface area contributed by atoms with Gasteiger partial charge in [0.25, 0.3) is 0 Å². The smallest absolute Gasteiger partial charge is 0.224 e. The molecular formula is C9H16N4OS. The fourth-order valence-electron chi connectivity index (χ4n) is 1.15. The minimum atomic E-state index is -0.129. The van der Waals surface area contributed by atoms with Crippen LogP contribution >= 0.6 is 11.8 Å². The van der Waals surface area contributed by atoms with Crippen LogP contribution in [0.15, 0.2) is 4.99 Å². The number of hydrogen-bond donors (Lipinski definition) is 1. The highest BCUT2D eigenvalue weighted by atomic mass is 32.2. The second kappa shape index (κ2) is 7.12. The first kappa shape index (κ1) is 13.8. The molecule has 0 rings (SSSR count). The first-order chi connectivity index (χ1) is 7.06. The molecule has 0 aromatic heterocycles. The van der Waals surface area contributed by atoms with E-state index in [0.29, 0.717) is 11.7 Å². The molecule has 84 valence electrons. The van der Waals surface area contributed by atoms with Gasteiger partial charge in [0.05, 0.1) is 5.92 Å². The number of nitrogens with one attached hydrogen (secondary N) is 1. The molecule has 0 aliphatic rings. The van der Waals surface area contributed by atoms with Gasteiger partial charge in [0.15, 0.2) is 5.17 Å². The van der Waals surface area contributed by atoms with Gasteiger partial charge in [-0.1, -0.05) is 18.7 Å². The molecule has 0 saturated heterocycles. The summed E-state index contributed by atoms with van der Waals surface area (Å²) < 4.78 is 0. The Morgan fingerprint density at radius 1 is 1.73 bits per heavy atom. The van der Waals surface area contributed by atoms with Crippen LogP contribution < -0.4 is 5.32 Å². The normalized spacial score (nSPS) is 12.9. The van der Waals surface area contributed by atoms with Crippen molar-refractivity contribution in [3.63, 3.8) is 0 Å². The maximum atomic E-state index is 11.3. The number of amides is 1. The van der Waals surface area contributed by atoms with Crippen molar-refractivity contribution < 1.29 is 4.79 Å². The maximum absolute atomic E-state index is 11.3. The van der Waals surface area contributed by atoms with Crippen molar-refractivity contribution >= 4 is 22.8 Å². The van der Waals surface area contributed by atoms with E-state index in [1.807, 2.05) is 20.2 Å². The third-order valence-electron chi connectivity index (χ3n) is 1.90. The van der Waals surface area contributed by atoms with E-state index in [9.17, 15) is 4.79 Å². The molecule has 0 bridgehead atoms. The summed E-state index contributed by atoms with van der Waals surface area (Å²) in [6.07, 6.45) is 3.59. The minimum Gasteiger partial charge on any atom is -0.359 e. The molecule has 0 radical (unpaired) electrons. The fourth-order valence-corrected chi connectivity index (χ4v) is 1.67. The van der Waals surface area contributed by atoms with Crippen molar-refractivity contribution in [2.75, 3.05) is 26.9 Å². The van der Waals surface area contributed by atoms with Crippen molar-refractivity contribution in [2.45, 2.75) is 6.92 Å². The van der Waals surface area contributed by atoms with Crippen molar-refractivity contribution in [1.29, 1.82) is 5.26 Å². The van der Waals surface area contributed by atoms with Crippen LogP contribution in [0.3, 0.4) is 0 Å². The molecule has 6 heteroatoms. The van der Waals surface area contributed by atoms with Crippen LogP contribution in [-0.4, -0.2) is 42.9 Å². The molecule has 1 atom stereocenters. The number of carbonyl (C=O) groups excluding carboxylic acids is 1. The predicted octanol–water partition coefficient (Wildman–Crippen LogP) is 0.500. The van der Waals surface area contributed by atoms with Gasteiger partial charge >= 0.3 is 0 Å². The van der Waals surface area contributed by atoms with Gasteiger partial charge < -0.3 is 10.2 Å². The summed E-state index contributed by atoms with van der Waals surface area (Å²) in [6.45, 7) is 2.38. The summed E-state index contributed by atoms with van der Waals surface area (Å²) in [5.74, 6) is -0.143. The van der Waals surface area contributed by atoms with Gasteiger partial charge in [-0.25, -0.2) is 0 Å². The van der Waals surface area contributed by atoms with E-state index in [-0.39, 0.29) is 11.8 Å². The van der Waals surface area contributed by atoms with Crippen LogP contribution in [-0.2, 0) is 4.79 Å². The van der Waals surface area contributed by atoms with E-state index >= 15 is 0 Å². The summed E-state index contributed by atoms with van der Waals surface area (Å²) in [4.78, 5) is 16.7. The molecule has 1 N–H and O–H groups in total. The van der Waals surface area contributed by atoms with Gasteiger partial charge in [-0.15, -0.1) is 4.99 Å². The van der Waals surface area contributed by atoms with E-state index in [4.69, 9.17) is 5.26 Å². The standard InChI is InChI=1S/C9H16N4OS/c1-7(8(14)11-2)5-13(3)9(15-4)12-6-10/h7H,5H2,1-4H3,(H,11,14). The van der Waals surface area contributed by atoms with Crippen LogP contribution in [0.2, 0.25) is 0 Å². The zero-order chi connectivity index (χ0) is 11.8. The quantitative estimate of drug-likeness (QED) is 0.434. The van der Waals surface area contributed by atoms with Crippen LogP contribution in [0.4, 0.5) is 0 Å². The second-order valence-electron chi connectivity index (χ2n) is 3.09. The van der Waals surface area contributed by atoms with Crippen LogP contribution in [0, 0.1) is 17.4 Å². The largest absolute Gasteiger partial charge is 0.359 e. The number of hydrogen-bond acceptors (Lipinski definition) is 4. The van der Waals surface area contributed by atoms with Crippen molar-refractivity contribution in [2.24, 2.45) is 10.9 Å². The second-order valence-corrected chi connectivity index (χ2v) is 3.87. The molecule has 0 aliphatic heterocycles. The molecule has 15 heavy (non-hydrogen) atoms. The van der Waals surface area contributed by atoms with Crippen molar-refractivity contribution in [3.8, 4) is 6.19 Å². The molecule has 1 unspecified atom stereocenters. The van der Waals surface area contributed by atoms with Gasteiger partial charge in [0.1, 0.15) is 0 Å². The third kappa shape index (κ3) is 4.70. The fraction of sp³-hybridized carbons (Fsp3) is 0.667. The number of nitrogens with zero attached hydrogens (tertiary/aromatic N) is 3. The van der Waals surface area contributed by atoms with E-state index in [0.717, 1.165) is 0 Å². The van der Waals surface area contributed by atoms with Gasteiger partial charge in [-0.2, -0.15) is 5.26 Å². The topological polar surface area (TPSA) is 68.5 Å². The van der Waals surface area contributed by atoms with E-state index in [1.54, 1.807) is 18.1 Å². The molecule has 0 fully saturated rings. The monoisotopic (exact) mass is 228 g/mol. The maximum Gasteiger partial charge on any atom is 0.224 e. The van der Waals surface area contributed by atoms with E-state index in [2.05, 4.69) is 10.3 Å². The first-order valence-corrected chi connectivity index (χ1v) is 5.72. The Morgan fingerprint density at radius 3 is 2.73 bits per heavy atom. The molecule has 0 aromatic carbocycles. The van der Waals surface area contributed by atoms with Gasteiger partial charge in [-0.05, 0) is 6.26 Å². The average Bonchev–Trinajstić information content (AvgIpc) is 2.24. The van der Waals surface area contributed by atoms with Gasteiger partial charge in [-0.3, -0.25) is 4.79 Å². The highest BCUT2D eigenvalue weighted by Gasteiger charge is 2.15. The molecule has 0 heterocycles. The van der Waals surface area contributed by atoms with Crippen molar-refractivity contribution in [1.82, 2.24) is 10.2 Å². The first-order valence-electron chi connectivity index (χ1n) is 4.50. The molecule has 0 aliphatic carbocycles. The number of nitriles is 1. The lowest BCUT2D eigenvalue weighted by atomic mass is 10.1. The van der Waals surface area contributed by atoms with Gasteiger partial charge in [0, 0.05) is 20.6 Å². The lowest BCUT2D eigenvalue weighted by Crippen LogP contribution is -2.36. The molecule has 1 amide bonds. The summed E-state index contributed by atoms with van der Waals surface area (Å²) in [5, 5.41) is 11.6. The Balaban J connectivity index is 4.35. The van der Waals surface area contributed by atoms with Crippen LogP contribution in [0.25, 0.3) is 0 Å². The summed E-state index contributed by atoms with van der Waals surface area (Å²) in [7, 11) is 3.42. The predicted molar refractivity (Wildman–Crippen MR) is 62.4 cm³/mol. The van der Waals surface area contributed by atoms with Crippen LogP contribution in [0.1, 0.15) is 6.92 Å². The highest BCUT2D eigenvalue weighted by molar-refractivity contribution is 8.13. The Labute approximate surface area is 94.5 Å². The summed E-state index contributed by atoms with van der Waals surface area (Å²) >= 11 is 1.39. The Bertz CT molecular complexity index is 284. The summed E-state index contributed by atoms with van der Waals surface area (Å²) in [6, 6.07) is 0. The number of carbonyl (C=O) groups is 1. The number of amidine groups is 1. The highest BCUT2D eigenvalue weighted by Crippen LogP contribution is 2.06. The average molecular weight is 228 g/mol. The molecule has 0 saturated carbocycles. The number of thioether (sulfide) groups is 1. The van der Waals surface area contributed by atoms with Crippen LogP contribution in [0.5, 0.6) is 0 Å². The Hall–Kier alpha value is -1.22. The zero-order valence-corrected chi connectivity index (χ0v) is 10.3. The molecular weight excluding hydrogens is 212 g/mol. The number of rotatable bonds is 3. The lowest BCUT2D eigenvalue weighted by molar-refractivity contribution is -0.124. The SMILES string of the molecule is CNC(=O)C(C)CN(C)C(=NC#N)SC.